The molecule has 2 N–H and O–H groups in total. The molecule has 3 rings (SSSR count). The van der Waals surface area contributed by atoms with Crippen molar-refractivity contribution in [2.45, 2.75) is 44.3 Å². The third-order valence-corrected chi connectivity index (χ3v) is 6.39. The molecule has 2 aliphatic rings. The van der Waals surface area contributed by atoms with Crippen LogP contribution in [0.2, 0.25) is 5.02 Å². The van der Waals surface area contributed by atoms with Crippen LogP contribution in [-0.4, -0.2) is 42.6 Å². The first-order chi connectivity index (χ1) is 13.6. The number of carbonyl (C=O) groups excluding carboxylic acids is 2. The number of piperazine rings is 1. The molecule has 29 heavy (non-hydrogen) atoms. The van der Waals surface area contributed by atoms with Gasteiger partial charge in [0.25, 0.3) is 0 Å². The molecule has 0 spiro atoms. The van der Waals surface area contributed by atoms with Crippen molar-refractivity contribution in [1.82, 2.24) is 15.5 Å². The number of hydrogen-bond acceptors (Lipinski definition) is 2. The molecule has 1 atom stereocenters. The Labute approximate surface area is 173 Å². The van der Waals surface area contributed by atoms with E-state index in [1.54, 1.807) is 24.3 Å². The van der Waals surface area contributed by atoms with Crippen LogP contribution in [0.1, 0.15) is 38.2 Å². The molecule has 0 bridgehead atoms. The van der Waals surface area contributed by atoms with E-state index >= 15 is 0 Å². The molecule has 1 heterocycles. The van der Waals surface area contributed by atoms with Gasteiger partial charge in [0, 0.05) is 18.1 Å². The fraction of sp³-hybridized carbons (Fsp3) is 0.600. The molecule has 1 aromatic carbocycles. The maximum Gasteiger partial charge on any atom is 0.391 e. The molecular weight excluding hydrogens is 407 g/mol. The largest absolute Gasteiger partial charge is 0.391 e. The predicted octanol–water partition coefficient (Wildman–Crippen LogP) is 4.07. The second-order valence-corrected chi connectivity index (χ2v) is 8.44. The first-order valence-electron chi connectivity index (χ1n) is 9.76. The van der Waals surface area contributed by atoms with E-state index in [1.165, 1.54) is 4.90 Å². The van der Waals surface area contributed by atoms with Crippen LogP contribution >= 0.6 is 11.6 Å². The standard InChI is InChI=1S/C20H25ClF3N3O2/c1-19(14-6-8-16(21)9-7-14,13-2-4-15(5-3-13)20(22,23)24)26-18(29)27-11-10-25-17(28)12-27/h6-9,13,15H,2-5,10-12H2,1H3,(H,25,28)(H,26,29)/t13-,15-,19-/m1/s1. The van der Waals surface area contributed by atoms with Gasteiger partial charge in [0.05, 0.1) is 11.5 Å². The van der Waals surface area contributed by atoms with E-state index in [0.29, 0.717) is 31.0 Å². The summed E-state index contributed by atoms with van der Waals surface area (Å²) >= 11 is 6.00. The minimum atomic E-state index is -4.19. The second-order valence-electron chi connectivity index (χ2n) is 8.00. The molecule has 5 nitrogen and oxygen atoms in total. The van der Waals surface area contributed by atoms with E-state index in [0.717, 1.165) is 5.56 Å². The number of hydrogen-bond donors (Lipinski definition) is 2. The Bertz CT molecular complexity index is 748. The average Bonchev–Trinajstić information content (AvgIpc) is 2.68. The predicted molar refractivity (Wildman–Crippen MR) is 103 cm³/mol. The molecule has 160 valence electrons. The topological polar surface area (TPSA) is 61.4 Å². The molecule has 2 fully saturated rings. The van der Waals surface area contributed by atoms with Crippen molar-refractivity contribution < 1.29 is 22.8 Å². The van der Waals surface area contributed by atoms with E-state index in [1.807, 2.05) is 6.92 Å². The van der Waals surface area contributed by atoms with Gasteiger partial charge >= 0.3 is 12.2 Å². The van der Waals surface area contributed by atoms with Crippen molar-refractivity contribution in [2.24, 2.45) is 11.8 Å². The van der Waals surface area contributed by atoms with Crippen molar-refractivity contribution in [3.05, 3.63) is 34.9 Å². The van der Waals surface area contributed by atoms with Gasteiger partial charge in [-0.2, -0.15) is 13.2 Å². The summed E-state index contributed by atoms with van der Waals surface area (Å²) in [6.45, 7) is 2.57. The second kappa shape index (κ2) is 8.42. The van der Waals surface area contributed by atoms with Gasteiger partial charge in [-0.3, -0.25) is 4.79 Å². The number of halogens is 4. The summed E-state index contributed by atoms with van der Waals surface area (Å²) in [5, 5.41) is 6.23. The molecule has 1 saturated heterocycles. The van der Waals surface area contributed by atoms with Crippen LogP contribution in [0, 0.1) is 11.8 Å². The molecule has 1 saturated carbocycles. The number of benzene rings is 1. The normalized spacial score (nSPS) is 25.1. The number of nitrogens with one attached hydrogen (secondary N) is 2. The molecule has 1 aliphatic heterocycles. The van der Waals surface area contributed by atoms with Crippen molar-refractivity contribution >= 4 is 23.5 Å². The Morgan fingerprint density at radius 2 is 1.72 bits per heavy atom. The highest BCUT2D eigenvalue weighted by Gasteiger charge is 2.46. The number of nitrogens with zero attached hydrogens (tertiary/aromatic N) is 1. The quantitative estimate of drug-likeness (QED) is 0.758. The van der Waals surface area contributed by atoms with Gasteiger partial charge < -0.3 is 15.5 Å². The summed E-state index contributed by atoms with van der Waals surface area (Å²) in [6, 6.07) is 6.60. The van der Waals surface area contributed by atoms with Crippen molar-refractivity contribution in [3.8, 4) is 0 Å². The van der Waals surface area contributed by atoms with E-state index in [4.69, 9.17) is 11.6 Å². The number of amides is 3. The number of urea groups is 1. The molecule has 1 aromatic rings. The highest BCUT2D eigenvalue weighted by Crippen LogP contribution is 2.45. The first-order valence-corrected chi connectivity index (χ1v) is 10.1. The van der Waals surface area contributed by atoms with Crippen LogP contribution in [0.5, 0.6) is 0 Å². The van der Waals surface area contributed by atoms with Gasteiger partial charge in [0.1, 0.15) is 6.54 Å². The molecular formula is C20H25ClF3N3O2. The highest BCUT2D eigenvalue weighted by molar-refractivity contribution is 6.30. The van der Waals surface area contributed by atoms with Crippen molar-refractivity contribution in [2.75, 3.05) is 19.6 Å². The van der Waals surface area contributed by atoms with E-state index in [9.17, 15) is 22.8 Å². The molecule has 0 aromatic heterocycles. The van der Waals surface area contributed by atoms with Crippen LogP contribution in [0.25, 0.3) is 0 Å². The van der Waals surface area contributed by atoms with Crippen LogP contribution in [0.15, 0.2) is 24.3 Å². The molecule has 3 amide bonds. The van der Waals surface area contributed by atoms with Gasteiger partial charge in [0.2, 0.25) is 5.91 Å². The zero-order valence-corrected chi connectivity index (χ0v) is 16.9. The van der Waals surface area contributed by atoms with Gasteiger partial charge in [-0.25, -0.2) is 4.79 Å². The van der Waals surface area contributed by atoms with Gasteiger partial charge in [-0.1, -0.05) is 23.7 Å². The lowest BCUT2D eigenvalue weighted by atomic mass is 9.69. The Balaban J connectivity index is 1.82. The lowest BCUT2D eigenvalue weighted by molar-refractivity contribution is -0.185. The summed E-state index contributed by atoms with van der Waals surface area (Å²) in [5.74, 6) is -1.69. The van der Waals surface area contributed by atoms with Gasteiger partial charge in [0.15, 0.2) is 0 Å². The van der Waals surface area contributed by atoms with Crippen molar-refractivity contribution in [3.63, 3.8) is 0 Å². The number of alkyl halides is 3. The lowest BCUT2D eigenvalue weighted by Crippen LogP contribution is -2.58. The smallest absolute Gasteiger partial charge is 0.353 e. The maximum absolute atomic E-state index is 13.1. The molecule has 9 heteroatoms. The zero-order valence-electron chi connectivity index (χ0n) is 16.2. The van der Waals surface area contributed by atoms with E-state index < -0.39 is 23.7 Å². The van der Waals surface area contributed by atoms with E-state index in [2.05, 4.69) is 10.6 Å². The molecule has 0 radical (unpaired) electrons. The Kier molecular flexibility index (Phi) is 6.31. The van der Waals surface area contributed by atoms with Gasteiger partial charge in [-0.15, -0.1) is 0 Å². The minimum absolute atomic E-state index is 0.0383. The van der Waals surface area contributed by atoms with Crippen LogP contribution in [0.3, 0.4) is 0 Å². The zero-order chi connectivity index (χ0) is 21.2. The maximum atomic E-state index is 13.1. The Morgan fingerprint density at radius 1 is 1.14 bits per heavy atom. The SMILES string of the molecule is C[C@](NC(=O)N1CCNC(=O)C1)(c1ccc(Cl)cc1)[C@H]1CC[C@H](C(F)(F)F)CC1. The van der Waals surface area contributed by atoms with Crippen molar-refractivity contribution in [1.29, 1.82) is 0 Å². The third-order valence-electron chi connectivity index (χ3n) is 6.14. The lowest BCUT2D eigenvalue weighted by Gasteiger charge is -2.44. The fourth-order valence-corrected chi connectivity index (χ4v) is 4.44. The monoisotopic (exact) mass is 431 g/mol. The number of carbonyl (C=O) groups is 2. The van der Waals surface area contributed by atoms with Crippen LogP contribution in [0.4, 0.5) is 18.0 Å². The summed E-state index contributed by atoms with van der Waals surface area (Å²) in [4.78, 5) is 25.9. The summed E-state index contributed by atoms with van der Waals surface area (Å²) < 4.78 is 39.3. The first kappa shape index (κ1) is 21.7. The summed E-state index contributed by atoms with van der Waals surface area (Å²) in [7, 11) is 0. The van der Waals surface area contributed by atoms with Crippen LogP contribution < -0.4 is 10.6 Å². The highest BCUT2D eigenvalue weighted by atomic mass is 35.5. The van der Waals surface area contributed by atoms with Crippen LogP contribution in [-0.2, 0) is 10.3 Å². The third kappa shape index (κ3) is 4.97. The molecule has 0 unspecified atom stereocenters. The summed E-state index contributed by atoms with van der Waals surface area (Å²) in [5.41, 5.74) is -0.0845. The van der Waals surface area contributed by atoms with E-state index in [-0.39, 0.29) is 31.2 Å². The van der Waals surface area contributed by atoms with Gasteiger partial charge in [-0.05, 0) is 56.2 Å². The summed E-state index contributed by atoms with van der Waals surface area (Å²) in [6.07, 6.45) is -3.40. The Hall–Kier alpha value is -1.96. The molecule has 1 aliphatic carbocycles. The minimum Gasteiger partial charge on any atom is -0.353 e. The average molecular weight is 432 g/mol. The fourth-order valence-electron chi connectivity index (χ4n) is 4.32. The Morgan fingerprint density at radius 3 is 2.28 bits per heavy atom. The number of rotatable bonds is 3.